The van der Waals surface area contributed by atoms with Crippen LogP contribution in [-0.4, -0.2) is 68.7 Å². The Labute approximate surface area is 291 Å². The van der Waals surface area contributed by atoms with E-state index in [-0.39, 0.29) is 38.7 Å². The number of carbonyl (C=O) groups is 4. The number of esters is 4. The Kier molecular flexibility index (Phi) is 31.3. The smallest absolute Gasteiger partial charge is 0.305 e. The Morgan fingerprint density at radius 1 is 0.553 bits per heavy atom. The molecule has 0 spiro atoms. The van der Waals surface area contributed by atoms with Gasteiger partial charge in [-0.3, -0.25) is 9.59 Å². The Hall–Kier alpha value is -2.02. The maximum absolute atomic E-state index is 12.1. The normalized spacial score (nSPS) is 18.8. The van der Waals surface area contributed by atoms with Gasteiger partial charge in [0, 0.05) is 25.7 Å². The van der Waals surface area contributed by atoms with Crippen molar-refractivity contribution in [1.29, 1.82) is 0 Å². The summed E-state index contributed by atoms with van der Waals surface area (Å²) in [7, 11) is 0. The van der Waals surface area contributed by atoms with Gasteiger partial charge in [-0.25, -0.2) is 0 Å². The molecule has 0 amide bonds. The average molecular weight is 772 g/mol. The van der Waals surface area contributed by atoms with Crippen LogP contribution in [0.2, 0.25) is 13.3 Å². The molecule has 0 aromatic carbocycles. The second-order valence-electron chi connectivity index (χ2n) is 12.0. The minimum Gasteiger partial charge on any atom is -0.465 e. The van der Waals surface area contributed by atoms with Crippen LogP contribution in [0.5, 0.6) is 0 Å². The number of cyclic esters (lactones) is 4. The van der Waals surface area contributed by atoms with E-state index in [2.05, 4.69) is 38.7 Å². The fourth-order valence-electron chi connectivity index (χ4n) is 5.64. The van der Waals surface area contributed by atoms with Crippen molar-refractivity contribution in [3.05, 3.63) is 9.67 Å². The van der Waals surface area contributed by atoms with Crippen LogP contribution in [0, 0.1) is 11.8 Å². The van der Waals surface area contributed by atoms with E-state index >= 15 is 0 Å². The van der Waals surface area contributed by atoms with Crippen molar-refractivity contribution in [2.24, 2.45) is 0 Å². The molecule has 8 nitrogen and oxygen atoms in total. The molecule has 2 aliphatic rings. The van der Waals surface area contributed by atoms with Crippen molar-refractivity contribution in [1.82, 2.24) is 0 Å². The van der Waals surface area contributed by atoms with Crippen molar-refractivity contribution in [2.45, 2.75) is 165 Å². The molecule has 0 unspecified atom stereocenters. The minimum absolute atomic E-state index is 0. The van der Waals surface area contributed by atoms with Crippen LogP contribution in [0.4, 0.5) is 0 Å². The zero-order valence-electron chi connectivity index (χ0n) is 28.5. The first-order chi connectivity index (χ1) is 21.9. The molecule has 47 heavy (non-hydrogen) atoms. The predicted octanol–water partition coefficient (Wildman–Crippen LogP) is 9.44. The summed E-state index contributed by atoms with van der Waals surface area (Å²) >= 11 is -2.54. The number of ether oxygens (including phenoxy) is 4. The van der Waals surface area contributed by atoms with E-state index in [0.717, 1.165) is 12.8 Å². The summed E-state index contributed by atoms with van der Waals surface area (Å²) in [4.78, 5) is 46.3. The zero-order chi connectivity index (χ0) is 33.0. The summed E-state index contributed by atoms with van der Waals surface area (Å²) in [5.74, 6) is 5.03. The summed E-state index contributed by atoms with van der Waals surface area (Å²) < 4.78 is 26.8. The van der Waals surface area contributed by atoms with E-state index in [0.29, 0.717) is 90.6 Å². The van der Waals surface area contributed by atoms with Gasteiger partial charge in [0.2, 0.25) is 0 Å². The number of unbranched alkanes of at least 4 members (excludes halogenated alkanes) is 3. The summed E-state index contributed by atoms with van der Waals surface area (Å²) in [6.07, 6.45) is 17.1. The average Bonchev–Trinajstić information content (AvgIpc) is 3.03. The first-order valence-corrected chi connectivity index (χ1v) is 25.1. The third kappa shape index (κ3) is 23.9. The first kappa shape index (κ1) is 47.1. The molecule has 272 valence electrons. The van der Waals surface area contributed by atoms with Crippen molar-refractivity contribution >= 4 is 42.3 Å². The monoisotopic (exact) mass is 772 g/mol. The maximum atomic E-state index is 12.1. The summed E-state index contributed by atoms with van der Waals surface area (Å²) in [6, 6.07) is 0. The van der Waals surface area contributed by atoms with Gasteiger partial charge < -0.3 is 9.47 Å². The van der Waals surface area contributed by atoms with Gasteiger partial charge in [0.05, 0.1) is 0 Å². The third-order valence-corrected chi connectivity index (χ3v) is 24.6. The minimum atomic E-state index is -2.54. The molecule has 0 aromatic rings. The zero-order valence-corrected chi connectivity index (χ0v) is 31.4. The van der Waals surface area contributed by atoms with Crippen molar-refractivity contribution in [3.63, 3.8) is 0 Å². The summed E-state index contributed by atoms with van der Waals surface area (Å²) in [5, 5.41) is 0. The third-order valence-electron chi connectivity index (χ3n) is 8.24. The molecule has 0 atom stereocenters. The quantitative estimate of drug-likeness (QED) is 0.0937. The molecule has 0 radical (unpaired) electrons. The topological polar surface area (TPSA) is 105 Å². The van der Waals surface area contributed by atoms with E-state index in [1.165, 1.54) is 51.8 Å². The second-order valence-corrected chi connectivity index (χ2v) is 25.4. The van der Waals surface area contributed by atoms with Crippen LogP contribution in [0.25, 0.3) is 0 Å². The second kappa shape index (κ2) is 31.3. The van der Waals surface area contributed by atoms with Gasteiger partial charge in [0.25, 0.3) is 0 Å². The molecule has 9 heteroatoms. The number of carbonyl (C=O) groups excluding carboxylic acids is 4. The molecule has 0 bridgehead atoms. The molecular formula is C38H68O8Sn. The summed E-state index contributed by atoms with van der Waals surface area (Å²) in [6.45, 7) is 8.59. The van der Waals surface area contributed by atoms with Gasteiger partial charge in [-0.1, -0.05) is 26.7 Å². The van der Waals surface area contributed by atoms with Gasteiger partial charge >= 0.3 is 195 Å². The Bertz CT molecular complexity index is 899. The molecule has 0 aromatic heterocycles. The molecule has 0 N–H and O–H groups in total. The van der Waals surface area contributed by atoms with Gasteiger partial charge in [0.1, 0.15) is 13.2 Å². The van der Waals surface area contributed by atoms with Crippen molar-refractivity contribution in [3.8, 4) is 11.8 Å². The van der Waals surface area contributed by atoms with Gasteiger partial charge in [-0.05, 0) is 12.8 Å². The predicted molar refractivity (Wildman–Crippen MR) is 193 cm³/mol. The van der Waals surface area contributed by atoms with E-state index in [1.807, 2.05) is 0 Å². The van der Waals surface area contributed by atoms with Crippen molar-refractivity contribution < 1.29 is 38.1 Å². The van der Waals surface area contributed by atoms with Gasteiger partial charge in [0.15, 0.2) is 0 Å². The van der Waals surface area contributed by atoms with Crippen LogP contribution in [0.15, 0.2) is 9.67 Å². The molecule has 0 saturated carbocycles. The number of rotatable bonds is 10. The molecule has 2 heterocycles. The van der Waals surface area contributed by atoms with Crippen LogP contribution in [-0.2, 0) is 38.1 Å². The van der Waals surface area contributed by atoms with Crippen LogP contribution >= 0.6 is 0 Å². The maximum Gasteiger partial charge on any atom is 0.305 e. The molecule has 2 aliphatic heterocycles. The van der Waals surface area contributed by atoms with Crippen LogP contribution < -0.4 is 0 Å². The molecule has 0 saturated heterocycles. The fraction of sp³-hybridized carbons (Fsp3) is 0.789. The standard InChI is InChI=1S/C12H17O4.C12H16O4.3C4H9.2CH4.Sn/c2*13-11-7-3-4-8-12(14)16-10-6-2-1-5-9-15-11;3*1-3-4-2;;;/h1H,3-10H2;3-10H2;3*1,3-4H2,2H3;2*1H4;. The Morgan fingerprint density at radius 2 is 0.915 bits per heavy atom. The van der Waals surface area contributed by atoms with E-state index in [4.69, 9.17) is 18.9 Å². The largest absolute Gasteiger partial charge is 0.465 e. The van der Waals surface area contributed by atoms with Crippen molar-refractivity contribution in [2.75, 3.05) is 26.4 Å². The number of hydrogen-bond acceptors (Lipinski definition) is 8. The Balaban J connectivity index is 0. The molecule has 0 aliphatic carbocycles. The van der Waals surface area contributed by atoms with E-state index in [1.54, 1.807) is 3.59 Å². The fourth-order valence-corrected chi connectivity index (χ4v) is 22.8. The first-order valence-electron chi connectivity index (χ1n) is 17.6. The van der Waals surface area contributed by atoms with E-state index in [9.17, 15) is 19.2 Å². The van der Waals surface area contributed by atoms with Gasteiger partial charge in [-0.15, -0.1) is 0 Å². The van der Waals surface area contributed by atoms with Gasteiger partial charge in [-0.2, -0.15) is 0 Å². The Morgan fingerprint density at radius 3 is 1.30 bits per heavy atom. The molecular weight excluding hydrogens is 703 g/mol. The number of hydrogen-bond donors (Lipinski definition) is 0. The van der Waals surface area contributed by atoms with Crippen LogP contribution in [0.1, 0.15) is 151 Å². The SMILES string of the molecule is C.C.CCC[CH2][Sn]([CH2]CCC)([CH2]CCC)/[C]1=C\CCOC(=O)CCCCC(=O)OCC1.O=C1CCCCC(=O)OCCC#CCCO1. The van der Waals surface area contributed by atoms with Crippen LogP contribution in [0.3, 0.4) is 0 Å². The molecule has 2 rings (SSSR count). The van der Waals surface area contributed by atoms with E-state index < -0.39 is 18.4 Å². The summed E-state index contributed by atoms with van der Waals surface area (Å²) in [5.41, 5.74) is 0. The molecule has 0 fully saturated rings.